The molecule has 0 bridgehead atoms. The highest BCUT2D eigenvalue weighted by atomic mass is 16.2. The highest BCUT2D eigenvalue weighted by Crippen LogP contribution is 2.08. The quantitative estimate of drug-likeness (QED) is 0.710. The molecule has 0 saturated heterocycles. The Kier molecular flexibility index (Phi) is 4.15. The lowest BCUT2D eigenvalue weighted by atomic mass is 10.2. The number of nitrogens with one attached hydrogen (secondary N) is 1. The van der Waals surface area contributed by atoms with E-state index in [0.717, 1.165) is 19.3 Å². The van der Waals surface area contributed by atoms with Crippen LogP contribution < -0.4 is 11.1 Å². The van der Waals surface area contributed by atoms with Crippen molar-refractivity contribution in [3.05, 3.63) is 11.9 Å². The number of nitrogen functional groups attached to an aromatic ring is 1. The van der Waals surface area contributed by atoms with Crippen molar-refractivity contribution >= 4 is 11.6 Å². The van der Waals surface area contributed by atoms with Gasteiger partial charge in [0.2, 0.25) is 0 Å². The number of hydrogen-bond donors (Lipinski definition) is 2. The fraction of sp³-hybridized carbons (Fsp3) is 0.600. The van der Waals surface area contributed by atoms with Crippen molar-refractivity contribution in [3.63, 3.8) is 0 Å². The number of unbranched alkanes of at least 4 members (excludes halogenated alkanes) is 2. The number of nitrogens with two attached hydrogens (primary N) is 1. The number of carbonyl (C=O) groups is 1. The van der Waals surface area contributed by atoms with E-state index in [0.29, 0.717) is 17.9 Å². The summed E-state index contributed by atoms with van der Waals surface area (Å²) in [4.78, 5) is 11.7. The fourth-order valence-corrected chi connectivity index (χ4v) is 1.39. The van der Waals surface area contributed by atoms with Gasteiger partial charge in [-0.3, -0.25) is 9.48 Å². The van der Waals surface area contributed by atoms with Crippen molar-refractivity contribution < 1.29 is 4.79 Å². The number of aromatic nitrogens is 2. The minimum Gasteiger partial charge on any atom is -0.396 e. The number of hydrogen-bond acceptors (Lipinski definition) is 3. The lowest BCUT2D eigenvalue weighted by Gasteiger charge is -2.05. The van der Waals surface area contributed by atoms with Crippen LogP contribution >= 0.6 is 0 Å². The Labute approximate surface area is 89.6 Å². The molecule has 5 nitrogen and oxygen atoms in total. The SMILES string of the molecule is CCCCCNC(=O)c1c(N)cnn1C. The molecule has 0 saturated carbocycles. The molecule has 0 aromatic carbocycles. The normalized spacial score (nSPS) is 10.3. The van der Waals surface area contributed by atoms with Crippen LogP contribution in [-0.4, -0.2) is 22.2 Å². The number of aryl methyl sites for hydroxylation is 1. The van der Waals surface area contributed by atoms with Crippen molar-refractivity contribution in [2.45, 2.75) is 26.2 Å². The summed E-state index contributed by atoms with van der Waals surface area (Å²) in [5.74, 6) is -0.149. The third-order valence-electron chi connectivity index (χ3n) is 2.25. The van der Waals surface area contributed by atoms with Crippen molar-refractivity contribution in [1.82, 2.24) is 15.1 Å². The molecule has 1 rings (SSSR count). The first-order valence-corrected chi connectivity index (χ1v) is 5.22. The molecule has 15 heavy (non-hydrogen) atoms. The Bertz CT molecular complexity index is 313. The first-order valence-electron chi connectivity index (χ1n) is 5.22. The molecule has 0 aliphatic rings. The van der Waals surface area contributed by atoms with Gasteiger partial charge in [-0.15, -0.1) is 0 Å². The van der Waals surface area contributed by atoms with Crippen LogP contribution in [0.5, 0.6) is 0 Å². The van der Waals surface area contributed by atoms with Crippen LogP contribution in [0.3, 0.4) is 0 Å². The maximum atomic E-state index is 11.7. The molecule has 1 heterocycles. The highest BCUT2D eigenvalue weighted by Gasteiger charge is 2.13. The van der Waals surface area contributed by atoms with E-state index in [1.54, 1.807) is 7.05 Å². The van der Waals surface area contributed by atoms with Gasteiger partial charge in [0.05, 0.1) is 11.9 Å². The fourth-order valence-electron chi connectivity index (χ4n) is 1.39. The van der Waals surface area contributed by atoms with E-state index in [2.05, 4.69) is 17.3 Å². The molecule has 84 valence electrons. The van der Waals surface area contributed by atoms with Crippen LogP contribution in [0.15, 0.2) is 6.20 Å². The van der Waals surface area contributed by atoms with Gasteiger partial charge in [0, 0.05) is 13.6 Å². The summed E-state index contributed by atoms with van der Waals surface area (Å²) in [7, 11) is 1.71. The Balaban J connectivity index is 2.47. The van der Waals surface area contributed by atoms with Crippen LogP contribution in [0, 0.1) is 0 Å². The third-order valence-corrected chi connectivity index (χ3v) is 2.25. The van der Waals surface area contributed by atoms with Gasteiger partial charge >= 0.3 is 0 Å². The Morgan fingerprint density at radius 2 is 2.33 bits per heavy atom. The average Bonchev–Trinajstić information content (AvgIpc) is 2.53. The van der Waals surface area contributed by atoms with Gasteiger partial charge in [-0.05, 0) is 6.42 Å². The van der Waals surface area contributed by atoms with Crippen molar-refractivity contribution in [2.75, 3.05) is 12.3 Å². The molecule has 0 aliphatic carbocycles. The summed E-state index contributed by atoms with van der Waals surface area (Å²) in [6, 6.07) is 0. The molecule has 5 heteroatoms. The lowest BCUT2D eigenvalue weighted by molar-refractivity contribution is 0.0944. The summed E-state index contributed by atoms with van der Waals surface area (Å²) >= 11 is 0. The van der Waals surface area contributed by atoms with E-state index >= 15 is 0 Å². The monoisotopic (exact) mass is 210 g/mol. The zero-order chi connectivity index (χ0) is 11.3. The number of carbonyl (C=O) groups excluding carboxylic acids is 1. The van der Waals surface area contributed by atoms with Crippen LogP contribution in [0.1, 0.15) is 36.7 Å². The van der Waals surface area contributed by atoms with Gasteiger partial charge in [0.15, 0.2) is 0 Å². The summed E-state index contributed by atoms with van der Waals surface area (Å²) in [5.41, 5.74) is 6.49. The smallest absolute Gasteiger partial charge is 0.271 e. The van der Waals surface area contributed by atoms with Gasteiger partial charge in [0.1, 0.15) is 5.69 Å². The highest BCUT2D eigenvalue weighted by molar-refractivity contribution is 5.97. The van der Waals surface area contributed by atoms with Crippen molar-refractivity contribution in [3.8, 4) is 0 Å². The maximum Gasteiger partial charge on any atom is 0.271 e. The summed E-state index contributed by atoms with van der Waals surface area (Å²) in [6.07, 6.45) is 4.76. The summed E-state index contributed by atoms with van der Waals surface area (Å²) in [5, 5.41) is 6.73. The molecule has 0 radical (unpaired) electrons. The summed E-state index contributed by atoms with van der Waals surface area (Å²) < 4.78 is 1.49. The second-order valence-electron chi connectivity index (χ2n) is 3.54. The van der Waals surface area contributed by atoms with E-state index in [-0.39, 0.29) is 5.91 Å². The number of nitrogens with zero attached hydrogens (tertiary/aromatic N) is 2. The molecule has 0 fully saturated rings. The number of amides is 1. The lowest BCUT2D eigenvalue weighted by Crippen LogP contribution is -2.27. The predicted molar refractivity (Wildman–Crippen MR) is 59.5 cm³/mol. The van der Waals surface area contributed by atoms with Gasteiger partial charge in [-0.2, -0.15) is 5.10 Å². The van der Waals surface area contributed by atoms with E-state index in [9.17, 15) is 4.79 Å². The minimum absolute atomic E-state index is 0.149. The standard InChI is InChI=1S/C10H18N4O/c1-3-4-5-6-12-10(15)9-8(11)7-13-14(9)2/h7H,3-6,11H2,1-2H3,(H,12,15). The third kappa shape index (κ3) is 2.97. The Hall–Kier alpha value is -1.52. The first-order chi connectivity index (χ1) is 7.16. The first kappa shape index (κ1) is 11.6. The Morgan fingerprint density at radius 3 is 2.87 bits per heavy atom. The minimum atomic E-state index is -0.149. The second-order valence-corrected chi connectivity index (χ2v) is 3.54. The van der Waals surface area contributed by atoms with E-state index < -0.39 is 0 Å². The number of anilines is 1. The van der Waals surface area contributed by atoms with E-state index in [4.69, 9.17) is 5.73 Å². The molecule has 0 atom stereocenters. The molecular weight excluding hydrogens is 192 g/mol. The number of rotatable bonds is 5. The van der Waals surface area contributed by atoms with Crippen molar-refractivity contribution in [2.24, 2.45) is 7.05 Å². The average molecular weight is 210 g/mol. The molecule has 0 unspecified atom stereocenters. The molecule has 1 amide bonds. The molecular formula is C10H18N4O. The van der Waals surface area contributed by atoms with E-state index in [1.165, 1.54) is 10.9 Å². The van der Waals surface area contributed by atoms with Gasteiger partial charge in [-0.25, -0.2) is 0 Å². The molecule has 1 aromatic rings. The molecule has 3 N–H and O–H groups in total. The van der Waals surface area contributed by atoms with E-state index in [1.807, 2.05) is 0 Å². The van der Waals surface area contributed by atoms with Crippen LogP contribution in [-0.2, 0) is 7.05 Å². The van der Waals surface area contributed by atoms with Crippen molar-refractivity contribution in [1.29, 1.82) is 0 Å². The molecule has 0 spiro atoms. The largest absolute Gasteiger partial charge is 0.396 e. The molecule has 1 aromatic heterocycles. The van der Waals surface area contributed by atoms with Crippen LogP contribution in [0.4, 0.5) is 5.69 Å². The van der Waals surface area contributed by atoms with Gasteiger partial charge in [-0.1, -0.05) is 19.8 Å². The zero-order valence-electron chi connectivity index (χ0n) is 9.29. The van der Waals surface area contributed by atoms with Crippen LogP contribution in [0.2, 0.25) is 0 Å². The summed E-state index contributed by atoms with van der Waals surface area (Å²) in [6.45, 7) is 2.82. The van der Waals surface area contributed by atoms with Gasteiger partial charge < -0.3 is 11.1 Å². The zero-order valence-corrected chi connectivity index (χ0v) is 9.29. The predicted octanol–water partition coefficient (Wildman–Crippen LogP) is 0.922. The van der Waals surface area contributed by atoms with Gasteiger partial charge in [0.25, 0.3) is 5.91 Å². The topological polar surface area (TPSA) is 72.9 Å². The van der Waals surface area contributed by atoms with Crippen LogP contribution in [0.25, 0.3) is 0 Å². The molecule has 0 aliphatic heterocycles. The Morgan fingerprint density at radius 1 is 1.60 bits per heavy atom. The second kappa shape index (κ2) is 5.38. The maximum absolute atomic E-state index is 11.7.